The summed E-state index contributed by atoms with van der Waals surface area (Å²) in [6.07, 6.45) is 4.35. The van der Waals surface area contributed by atoms with Crippen molar-refractivity contribution in [3.05, 3.63) is 57.7 Å². The van der Waals surface area contributed by atoms with Gasteiger partial charge in [0.25, 0.3) is 11.1 Å². The summed E-state index contributed by atoms with van der Waals surface area (Å²) >= 11 is 0. The fourth-order valence-corrected chi connectivity index (χ4v) is 9.07. The SMILES string of the molecule is C=C1[C@H](CO)[C@@H]([Si-]O[Si-][C@H]2C[C@H](n3cnc4c(=O)[nH]c(N)nc43)C(=C)[C@@H]2CO)C[C@@H]1n1cnc2c(=O)[nH]c(N)nc21.[Rb+].[Rb+].[Rb+].[Rb+]. The van der Waals surface area contributed by atoms with Gasteiger partial charge in [0, 0.05) is 13.2 Å². The molecule has 0 amide bonds. The Kier molecular flexibility index (Phi) is 19.2. The molecule has 6 atom stereocenters. The van der Waals surface area contributed by atoms with E-state index in [9.17, 15) is 19.8 Å². The van der Waals surface area contributed by atoms with Gasteiger partial charge in [-0.1, -0.05) is 37.1 Å². The van der Waals surface area contributed by atoms with Crippen LogP contribution in [0.5, 0.6) is 0 Å². The van der Waals surface area contributed by atoms with E-state index in [1.165, 1.54) is 0 Å². The fourth-order valence-electron chi connectivity index (χ4n) is 5.98. The molecule has 0 unspecified atom stereocenters. The Morgan fingerprint density at radius 1 is 0.800 bits per heavy atom. The number of nitrogens with zero attached hydrogens (tertiary/aromatic N) is 6. The van der Waals surface area contributed by atoms with E-state index in [0.717, 1.165) is 11.1 Å². The van der Waals surface area contributed by atoms with E-state index >= 15 is 0 Å². The average Bonchev–Trinajstić information content (AvgIpc) is 3.68. The van der Waals surface area contributed by atoms with Crippen molar-refractivity contribution >= 4 is 53.8 Å². The van der Waals surface area contributed by atoms with E-state index in [1.54, 1.807) is 21.8 Å². The molecule has 6 rings (SSSR count). The van der Waals surface area contributed by atoms with Gasteiger partial charge in [0.05, 0.1) is 24.7 Å². The van der Waals surface area contributed by atoms with Crippen molar-refractivity contribution in [3.8, 4) is 0 Å². The maximum absolute atomic E-state index is 12.2. The number of aromatic nitrogens is 8. The second-order valence-electron chi connectivity index (χ2n) is 10.3. The first-order valence-corrected chi connectivity index (χ1v) is 14.9. The van der Waals surface area contributed by atoms with Gasteiger partial charge in [-0.15, -0.1) is 0 Å². The van der Waals surface area contributed by atoms with Crippen molar-refractivity contribution in [1.82, 2.24) is 39.0 Å². The van der Waals surface area contributed by atoms with Gasteiger partial charge in [-0.3, -0.25) is 19.6 Å². The minimum absolute atomic E-state index is 0. The van der Waals surface area contributed by atoms with E-state index in [-0.39, 0.29) is 323 Å². The molecule has 214 valence electrons. The molecule has 45 heavy (non-hydrogen) atoms. The number of nitrogen functional groups attached to an aromatic ring is 2. The number of aliphatic hydroxyl groups is 2. The van der Waals surface area contributed by atoms with Gasteiger partial charge in [0.1, 0.15) is 0 Å². The van der Waals surface area contributed by atoms with Crippen LogP contribution in [-0.2, 0) is 4.12 Å². The first-order chi connectivity index (χ1) is 19.7. The molecule has 4 aromatic heterocycles. The number of aromatic amines is 2. The number of nitrogens with one attached hydrogen (secondary N) is 2. The molecule has 0 bridgehead atoms. The third-order valence-electron chi connectivity index (χ3n) is 8.12. The van der Waals surface area contributed by atoms with Crippen molar-refractivity contribution in [1.29, 1.82) is 0 Å². The van der Waals surface area contributed by atoms with E-state index in [1.807, 2.05) is 0 Å². The van der Waals surface area contributed by atoms with Gasteiger partial charge in [-0.05, 0) is 11.8 Å². The molecule has 2 saturated carbocycles. The Balaban J connectivity index is 0.00000176. The Morgan fingerprint density at radius 3 is 1.53 bits per heavy atom. The van der Waals surface area contributed by atoms with Crippen LogP contribution in [0.1, 0.15) is 24.9 Å². The molecule has 0 spiro atoms. The molecular weight excluding hydrogens is 906 g/mol. The van der Waals surface area contributed by atoms with Crippen LogP contribution in [0, 0.1) is 11.8 Å². The first kappa shape index (κ1) is 44.5. The van der Waals surface area contributed by atoms with E-state index < -0.39 is 11.1 Å². The Bertz CT molecular complexity index is 1670. The maximum atomic E-state index is 12.2. The summed E-state index contributed by atoms with van der Waals surface area (Å²) in [6.45, 7) is 8.31. The molecule has 4 aromatic rings. The second kappa shape index (κ2) is 19.4. The predicted octanol–water partition coefficient (Wildman–Crippen LogP) is -12.5. The summed E-state index contributed by atoms with van der Waals surface area (Å²) in [5.74, 6) is -0.406. The molecular formula is C24H28N10O5Rb4Si2+2. The standard InChI is InChI=1S/C24H28N10O5Si2.4Rb/c1-9-11(5-35)15(3-13(9)33-7-27-17-19(33)29-23(25)31-21(17)37)40-39-41-16-4-14(10(2)12(16)6-36)34-8-28-18-20(34)30-24(26)32-22(18)38;;;;/h7-8,11-16,35-36H,1-6H2,(H3,25,29,31,37)(H3,26,30,32,38);;;;/q-2;4*+1/t11-,12-,13-,14-,15-,16-;;;;/m0..../s1. The summed E-state index contributed by atoms with van der Waals surface area (Å²) in [5, 5.41) is 20.4. The van der Waals surface area contributed by atoms with Gasteiger partial charge in [-0.25, -0.2) is 9.97 Å². The van der Waals surface area contributed by atoms with E-state index in [4.69, 9.17) is 15.6 Å². The van der Waals surface area contributed by atoms with Gasteiger partial charge in [0.15, 0.2) is 22.3 Å². The van der Waals surface area contributed by atoms with Crippen LogP contribution in [0.15, 0.2) is 46.5 Å². The molecule has 0 aliphatic heterocycles. The quantitative estimate of drug-likeness (QED) is 0.0719. The van der Waals surface area contributed by atoms with Gasteiger partial charge in [0.2, 0.25) is 11.9 Å². The van der Waals surface area contributed by atoms with Crippen LogP contribution in [0.3, 0.4) is 0 Å². The minimum atomic E-state index is -0.416. The van der Waals surface area contributed by atoms with Crippen LogP contribution >= 0.6 is 0 Å². The number of hydrogen-bond acceptors (Lipinski definition) is 11. The zero-order valence-corrected chi connectivity index (χ0v) is 47.5. The summed E-state index contributed by atoms with van der Waals surface area (Å²) in [5.41, 5.74) is 13.4. The molecule has 2 aliphatic rings. The Labute approximate surface area is 458 Å². The third-order valence-corrected chi connectivity index (χ3v) is 10.9. The molecule has 21 heteroatoms. The van der Waals surface area contributed by atoms with Crippen molar-refractivity contribution in [2.45, 2.75) is 36.0 Å². The number of hydrogen-bond donors (Lipinski definition) is 6. The Hall–Kier alpha value is 3.31. The van der Waals surface area contributed by atoms with Crippen molar-refractivity contribution in [2.75, 3.05) is 24.7 Å². The topological polar surface area (TPSA) is 229 Å². The summed E-state index contributed by atoms with van der Waals surface area (Å²) in [7, 11) is 0.135. The van der Waals surface area contributed by atoms with Crippen molar-refractivity contribution in [3.63, 3.8) is 0 Å². The number of imidazole rings is 2. The van der Waals surface area contributed by atoms with Crippen LogP contribution < -0.4 is 255 Å². The van der Waals surface area contributed by atoms with Crippen LogP contribution in [0.2, 0.25) is 11.1 Å². The van der Waals surface area contributed by atoms with Crippen molar-refractivity contribution < 1.29 is 247 Å². The molecule has 0 saturated heterocycles. The molecule has 2 radical (unpaired) electrons. The largest absolute Gasteiger partial charge is 1.00 e. The number of fused-ring (bicyclic) bond motifs is 2. The smallest absolute Gasteiger partial charge is 0.840 e. The normalized spacial score (nSPS) is 24.2. The van der Waals surface area contributed by atoms with Crippen LogP contribution in [0.25, 0.3) is 22.3 Å². The monoisotopic (exact) mass is 932 g/mol. The zero-order chi connectivity index (χ0) is 29.0. The third kappa shape index (κ3) is 9.10. The van der Waals surface area contributed by atoms with Crippen molar-refractivity contribution in [2.24, 2.45) is 11.8 Å². The molecule has 15 nitrogen and oxygen atoms in total. The summed E-state index contributed by atoms with van der Waals surface area (Å²) in [4.78, 5) is 46.4. The number of aliphatic hydroxyl groups excluding tert-OH is 2. The number of anilines is 2. The van der Waals surface area contributed by atoms with E-state index in [2.05, 4.69) is 43.1 Å². The van der Waals surface area contributed by atoms with Gasteiger partial charge < -0.3 is 54.5 Å². The van der Waals surface area contributed by atoms with Crippen LogP contribution in [-0.4, -0.2) is 82.0 Å². The summed E-state index contributed by atoms with van der Waals surface area (Å²) < 4.78 is 9.84. The second-order valence-corrected chi connectivity index (χ2v) is 13.1. The zero-order valence-electron chi connectivity index (χ0n) is 25.8. The minimum Gasteiger partial charge on any atom is -0.840 e. The predicted molar refractivity (Wildman–Crippen MR) is 152 cm³/mol. The number of nitrogens with two attached hydrogens (primary N) is 2. The maximum Gasteiger partial charge on any atom is 1.00 e. The van der Waals surface area contributed by atoms with Gasteiger partial charge >= 0.3 is 233 Å². The molecule has 2 aliphatic carbocycles. The van der Waals surface area contributed by atoms with Crippen LogP contribution in [0.4, 0.5) is 11.9 Å². The summed E-state index contributed by atoms with van der Waals surface area (Å²) in [6, 6.07) is -0.456. The molecule has 4 heterocycles. The number of H-pyrrole nitrogens is 2. The molecule has 2 fully saturated rings. The first-order valence-electron chi connectivity index (χ1n) is 12.9. The molecule has 0 aromatic carbocycles. The molecule has 8 N–H and O–H groups in total. The van der Waals surface area contributed by atoms with E-state index in [0.29, 0.717) is 24.1 Å². The fraction of sp³-hybridized carbons (Fsp3) is 0.417. The average molecular weight is 935 g/mol. The van der Waals surface area contributed by atoms with Gasteiger partial charge in [-0.2, -0.15) is 21.1 Å². The Morgan fingerprint density at radius 2 is 1.18 bits per heavy atom. The number of rotatable bonds is 8.